The van der Waals surface area contributed by atoms with Crippen molar-refractivity contribution in [1.82, 2.24) is 19.9 Å². The van der Waals surface area contributed by atoms with Crippen LogP contribution in [0.4, 0.5) is 5.13 Å². The summed E-state index contributed by atoms with van der Waals surface area (Å²) < 4.78 is 5.52. The highest BCUT2D eigenvalue weighted by molar-refractivity contribution is 7.21. The van der Waals surface area contributed by atoms with Gasteiger partial charge in [0.05, 0.1) is 18.9 Å². The molecule has 1 N–H and O–H groups in total. The van der Waals surface area contributed by atoms with E-state index in [1.807, 2.05) is 19.1 Å². The summed E-state index contributed by atoms with van der Waals surface area (Å²) in [6.07, 6.45) is 11.0. The van der Waals surface area contributed by atoms with E-state index in [0.29, 0.717) is 55.2 Å². The summed E-state index contributed by atoms with van der Waals surface area (Å²) in [4.78, 5) is 31.5. The zero-order valence-corrected chi connectivity index (χ0v) is 19.4. The minimum atomic E-state index is -0.358. The van der Waals surface area contributed by atoms with E-state index >= 15 is 0 Å². The van der Waals surface area contributed by atoms with Crippen molar-refractivity contribution >= 4 is 32.9 Å². The molecule has 0 aliphatic heterocycles. The summed E-state index contributed by atoms with van der Waals surface area (Å²) in [5.74, 6) is 9.58. The molecule has 166 valence electrons. The predicted molar refractivity (Wildman–Crippen MR) is 132 cm³/mol. The molecule has 1 fully saturated rings. The number of terminal acetylenes is 1. The van der Waals surface area contributed by atoms with E-state index in [1.165, 1.54) is 17.5 Å². The van der Waals surface area contributed by atoms with Gasteiger partial charge in [-0.2, -0.15) is 4.98 Å². The molecule has 1 amide bonds. The van der Waals surface area contributed by atoms with Crippen molar-refractivity contribution < 1.29 is 9.53 Å². The maximum Gasteiger partial charge on any atom is 0.259 e. The molecule has 0 radical (unpaired) electrons. The molecular formula is C26H19N5O2S. The van der Waals surface area contributed by atoms with Crippen molar-refractivity contribution in [3.05, 3.63) is 59.2 Å². The number of benzene rings is 1. The second-order valence-corrected chi connectivity index (χ2v) is 8.81. The van der Waals surface area contributed by atoms with Crippen LogP contribution in [0.25, 0.3) is 21.6 Å². The number of anilines is 1. The third-order valence-corrected chi connectivity index (χ3v) is 6.12. The van der Waals surface area contributed by atoms with Crippen LogP contribution in [0.5, 0.6) is 5.75 Å². The van der Waals surface area contributed by atoms with Crippen LogP contribution in [-0.2, 0) is 0 Å². The molecule has 8 heteroatoms. The number of aryl methyl sites for hydroxylation is 1. The van der Waals surface area contributed by atoms with Gasteiger partial charge < -0.3 is 4.74 Å². The molecule has 0 saturated heterocycles. The van der Waals surface area contributed by atoms with Gasteiger partial charge in [-0.25, -0.2) is 9.97 Å². The molecule has 7 nitrogen and oxygen atoms in total. The highest BCUT2D eigenvalue weighted by Gasteiger charge is 2.20. The Morgan fingerprint density at radius 3 is 2.79 bits per heavy atom. The molecule has 3 heterocycles. The molecule has 1 saturated carbocycles. The van der Waals surface area contributed by atoms with Crippen LogP contribution in [0.3, 0.4) is 0 Å². The number of thiazole rings is 1. The number of hydrogen-bond acceptors (Lipinski definition) is 7. The summed E-state index contributed by atoms with van der Waals surface area (Å²) in [7, 11) is 1.58. The Labute approximate surface area is 200 Å². The topological polar surface area (TPSA) is 89.9 Å². The van der Waals surface area contributed by atoms with Gasteiger partial charge in [-0.15, -0.1) is 6.42 Å². The zero-order chi connectivity index (χ0) is 23.7. The lowest BCUT2D eigenvalue weighted by atomic mass is 9.97. The molecule has 1 aliphatic carbocycles. The summed E-state index contributed by atoms with van der Waals surface area (Å²) in [5.41, 5.74) is 4.24. The highest BCUT2D eigenvalue weighted by Crippen LogP contribution is 2.34. The number of pyridine rings is 1. The molecule has 0 atom stereocenters. The molecule has 4 aromatic rings. The van der Waals surface area contributed by atoms with Crippen LogP contribution in [-0.4, -0.2) is 33.0 Å². The molecule has 5 rings (SSSR count). The van der Waals surface area contributed by atoms with Crippen molar-refractivity contribution in [2.75, 3.05) is 12.4 Å². The second kappa shape index (κ2) is 8.93. The van der Waals surface area contributed by atoms with Gasteiger partial charge in [0.2, 0.25) is 0 Å². The Hall–Kier alpha value is -4.27. The van der Waals surface area contributed by atoms with E-state index in [0.717, 1.165) is 18.5 Å². The lowest BCUT2D eigenvalue weighted by Gasteiger charge is -2.13. The number of methoxy groups -OCH3 is 1. The third kappa shape index (κ3) is 4.45. The number of fused-ring (bicyclic) bond motifs is 1. The molecule has 1 aliphatic rings. The highest BCUT2D eigenvalue weighted by atomic mass is 32.1. The van der Waals surface area contributed by atoms with Crippen LogP contribution in [0.1, 0.15) is 40.2 Å². The minimum Gasteiger partial charge on any atom is -0.496 e. The first-order chi connectivity index (χ1) is 16.5. The largest absolute Gasteiger partial charge is 0.496 e. The van der Waals surface area contributed by atoms with E-state index < -0.39 is 0 Å². The van der Waals surface area contributed by atoms with E-state index in [4.69, 9.17) is 11.2 Å². The SMILES string of the molecule is C#Cc1ccc(OC)c(-c2cc(C)ncc2C(=O)Nc2nc3ncc(C#CC4CC4)nc3s2)c1. The Morgan fingerprint density at radius 2 is 2.03 bits per heavy atom. The van der Waals surface area contributed by atoms with Gasteiger partial charge in [-0.3, -0.25) is 15.1 Å². The fourth-order valence-electron chi connectivity index (χ4n) is 3.38. The van der Waals surface area contributed by atoms with E-state index in [2.05, 4.69) is 43.0 Å². The second-order valence-electron chi connectivity index (χ2n) is 7.83. The maximum absolute atomic E-state index is 13.3. The molecule has 34 heavy (non-hydrogen) atoms. The van der Waals surface area contributed by atoms with Crippen molar-refractivity contribution in [2.45, 2.75) is 19.8 Å². The molecule has 0 unspecified atom stereocenters. The number of carbonyl (C=O) groups excluding carboxylic acids is 1. The van der Waals surface area contributed by atoms with E-state index in [1.54, 1.807) is 25.4 Å². The normalized spacial score (nSPS) is 12.5. The summed E-state index contributed by atoms with van der Waals surface area (Å²) in [5, 5.41) is 3.25. The molecule has 1 aromatic carbocycles. The van der Waals surface area contributed by atoms with Crippen molar-refractivity contribution in [2.24, 2.45) is 5.92 Å². The van der Waals surface area contributed by atoms with Gasteiger partial charge in [-0.05, 0) is 50.0 Å². The standard InChI is InChI=1S/C26H19N5O2S/c1-4-16-8-10-22(33-3)20(12-16)19-11-15(2)27-14-21(19)24(32)31-26-30-23-25(34-26)29-18(13-28-23)9-7-17-5-6-17/h1,8,10-14,17H,5-6H2,2-3H3,(H,28,30,31,32). The molecule has 0 bridgehead atoms. The van der Waals surface area contributed by atoms with Crippen molar-refractivity contribution in [3.8, 4) is 41.1 Å². The van der Waals surface area contributed by atoms with Crippen molar-refractivity contribution in [3.63, 3.8) is 0 Å². The smallest absolute Gasteiger partial charge is 0.259 e. The van der Waals surface area contributed by atoms with Gasteiger partial charge in [0.1, 0.15) is 11.4 Å². The van der Waals surface area contributed by atoms with Gasteiger partial charge >= 0.3 is 0 Å². The van der Waals surface area contributed by atoms with E-state index in [-0.39, 0.29) is 5.91 Å². The minimum absolute atomic E-state index is 0.358. The third-order valence-electron chi connectivity index (χ3n) is 5.27. The average molecular weight is 466 g/mol. The van der Waals surface area contributed by atoms with Gasteiger partial charge in [0.15, 0.2) is 15.6 Å². The Kier molecular flexibility index (Phi) is 5.67. The number of nitrogens with zero attached hydrogens (tertiary/aromatic N) is 4. The lowest BCUT2D eigenvalue weighted by Crippen LogP contribution is -2.14. The van der Waals surface area contributed by atoms with Crippen molar-refractivity contribution in [1.29, 1.82) is 0 Å². The Bertz CT molecular complexity index is 1540. The molecule has 3 aromatic heterocycles. The summed E-state index contributed by atoms with van der Waals surface area (Å²) in [6, 6.07) is 7.23. The number of carbonyl (C=O) groups is 1. The zero-order valence-electron chi connectivity index (χ0n) is 18.5. The van der Waals surface area contributed by atoms with Crippen LogP contribution >= 0.6 is 11.3 Å². The maximum atomic E-state index is 13.3. The fraction of sp³-hybridized carbons (Fsp3) is 0.192. The van der Waals surface area contributed by atoms with Crippen LogP contribution in [0.2, 0.25) is 0 Å². The first-order valence-electron chi connectivity index (χ1n) is 10.6. The number of ether oxygens (including phenoxy) is 1. The van der Waals surface area contributed by atoms with Gasteiger partial charge in [-0.1, -0.05) is 23.2 Å². The number of aromatic nitrogens is 4. The molecule has 0 spiro atoms. The van der Waals surface area contributed by atoms with Crippen LogP contribution in [0, 0.1) is 37.0 Å². The summed E-state index contributed by atoms with van der Waals surface area (Å²) in [6.45, 7) is 1.86. The Morgan fingerprint density at radius 1 is 1.18 bits per heavy atom. The Balaban J connectivity index is 1.47. The first kappa shape index (κ1) is 21.6. The van der Waals surface area contributed by atoms with Gasteiger partial charge in [0, 0.05) is 34.5 Å². The van der Waals surface area contributed by atoms with E-state index in [9.17, 15) is 4.79 Å². The predicted octanol–water partition coefficient (Wildman–Crippen LogP) is 4.46. The molecular weight excluding hydrogens is 446 g/mol. The number of hydrogen-bond donors (Lipinski definition) is 1. The van der Waals surface area contributed by atoms with Gasteiger partial charge in [0.25, 0.3) is 5.91 Å². The summed E-state index contributed by atoms with van der Waals surface area (Å²) >= 11 is 1.25. The van der Waals surface area contributed by atoms with Crippen LogP contribution < -0.4 is 10.1 Å². The first-order valence-corrected chi connectivity index (χ1v) is 11.4. The number of amides is 1. The monoisotopic (exact) mass is 465 g/mol. The number of rotatable bonds is 4. The van der Waals surface area contributed by atoms with Crippen LogP contribution in [0.15, 0.2) is 36.7 Å². The number of nitrogens with one attached hydrogen (secondary N) is 1. The average Bonchev–Trinajstić information content (AvgIpc) is 3.60. The fourth-order valence-corrected chi connectivity index (χ4v) is 4.17. The quantitative estimate of drug-likeness (QED) is 0.448. The lowest BCUT2D eigenvalue weighted by molar-refractivity contribution is 0.102.